The van der Waals surface area contributed by atoms with E-state index in [0.29, 0.717) is 10.0 Å². The van der Waals surface area contributed by atoms with Crippen molar-refractivity contribution in [1.82, 2.24) is 5.32 Å². The van der Waals surface area contributed by atoms with Crippen LogP contribution in [0.1, 0.15) is 24.3 Å². The van der Waals surface area contributed by atoms with E-state index in [1.54, 1.807) is 12.3 Å². The molecule has 1 N–H and O–H groups in total. The van der Waals surface area contributed by atoms with Crippen LogP contribution < -0.4 is 5.32 Å². The molecule has 1 heterocycles. The minimum absolute atomic E-state index is 0.158. The summed E-state index contributed by atoms with van der Waals surface area (Å²) in [7, 11) is 0. The number of furan rings is 1. The first-order valence-electron chi connectivity index (χ1n) is 5.88. The first kappa shape index (κ1) is 13.5. The molecule has 96 valence electrons. The molecule has 0 radical (unpaired) electrons. The Morgan fingerprint density at radius 3 is 2.78 bits per heavy atom. The molecule has 2 aromatic rings. The van der Waals surface area contributed by atoms with Crippen LogP contribution in [0.15, 0.2) is 41.0 Å². The zero-order valence-corrected chi connectivity index (χ0v) is 11.6. The van der Waals surface area contributed by atoms with Crippen LogP contribution >= 0.6 is 23.2 Å². The number of hydrogen-bond donors (Lipinski definition) is 1. The third kappa shape index (κ3) is 3.29. The predicted molar refractivity (Wildman–Crippen MR) is 75.3 cm³/mol. The van der Waals surface area contributed by atoms with Gasteiger partial charge in [0.1, 0.15) is 5.76 Å². The number of rotatable bonds is 5. The van der Waals surface area contributed by atoms with Crippen molar-refractivity contribution in [1.29, 1.82) is 0 Å². The summed E-state index contributed by atoms with van der Waals surface area (Å²) in [6.07, 6.45) is 2.54. The number of hydrogen-bond acceptors (Lipinski definition) is 2. The van der Waals surface area contributed by atoms with Crippen molar-refractivity contribution in [2.24, 2.45) is 0 Å². The first-order chi connectivity index (χ1) is 8.68. The van der Waals surface area contributed by atoms with Gasteiger partial charge in [-0.3, -0.25) is 0 Å². The summed E-state index contributed by atoms with van der Waals surface area (Å²) in [5.41, 5.74) is 1.02. The molecule has 1 atom stereocenters. The molecule has 0 aliphatic heterocycles. The molecule has 1 aromatic heterocycles. The Bertz CT molecular complexity index is 497. The second kappa shape index (κ2) is 6.28. The van der Waals surface area contributed by atoms with Crippen LogP contribution in [0.3, 0.4) is 0 Å². The third-order valence-electron chi connectivity index (χ3n) is 2.85. The first-order valence-corrected chi connectivity index (χ1v) is 6.63. The van der Waals surface area contributed by atoms with Crippen molar-refractivity contribution < 1.29 is 4.42 Å². The lowest BCUT2D eigenvalue weighted by Crippen LogP contribution is -2.21. The summed E-state index contributed by atoms with van der Waals surface area (Å²) in [6, 6.07) is 9.72. The Kier molecular flexibility index (Phi) is 4.70. The minimum atomic E-state index is 0.158. The van der Waals surface area contributed by atoms with Crippen LogP contribution in [-0.4, -0.2) is 6.54 Å². The van der Waals surface area contributed by atoms with E-state index in [4.69, 9.17) is 27.6 Å². The Morgan fingerprint density at radius 2 is 2.06 bits per heavy atom. The lowest BCUT2D eigenvalue weighted by molar-refractivity contribution is 0.486. The van der Waals surface area contributed by atoms with Crippen LogP contribution in [0.5, 0.6) is 0 Å². The van der Waals surface area contributed by atoms with Gasteiger partial charge in [-0.1, -0.05) is 35.3 Å². The standard InChI is InChI=1S/C14H15Cl2NO/c1-10(12-5-2-6-13(15)14(12)16)17-8-7-11-4-3-9-18-11/h2-6,9-10,17H,7-8H2,1H3. The van der Waals surface area contributed by atoms with E-state index >= 15 is 0 Å². The molecule has 0 fully saturated rings. The van der Waals surface area contributed by atoms with Crippen LogP contribution in [0.4, 0.5) is 0 Å². The van der Waals surface area contributed by atoms with Crippen molar-refractivity contribution in [3.63, 3.8) is 0 Å². The maximum atomic E-state index is 6.18. The summed E-state index contributed by atoms with van der Waals surface area (Å²) >= 11 is 12.2. The molecule has 0 spiro atoms. The highest BCUT2D eigenvalue weighted by atomic mass is 35.5. The topological polar surface area (TPSA) is 25.2 Å². The quantitative estimate of drug-likeness (QED) is 0.875. The fourth-order valence-corrected chi connectivity index (χ4v) is 2.30. The van der Waals surface area contributed by atoms with Gasteiger partial charge in [-0.25, -0.2) is 0 Å². The molecule has 2 nitrogen and oxygen atoms in total. The van der Waals surface area contributed by atoms with Gasteiger partial charge < -0.3 is 9.73 Å². The fourth-order valence-electron chi connectivity index (χ4n) is 1.83. The van der Waals surface area contributed by atoms with Gasteiger partial charge in [0.15, 0.2) is 0 Å². The van der Waals surface area contributed by atoms with Crippen molar-refractivity contribution >= 4 is 23.2 Å². The molecule has 0 aliphatic rings. The minimum Gasteiger partial charge on any atom is -0.469 e. The number of benzene rings is 1. The zero-order valence-electron chi connectivity index (χ0n) is 10.1. The Balaban J connectivity index is 1.91. The normalized spacial score (nSPS) is 12.6. The van der Waals surface area contributed by atoms with Gasteiger partial charge in [-0.05, 0) is 30.7 Å². The van der Waals surface area contributed by atoms with Gasteiger partial charge in [0.25, 0.3) is 0 Å². The lowest BCUT2D eigenvalue weighted by atomic mass is 10.1. The van der Waals surface area contributed by atoms with E-state index in [1.165, 1.54) is 0 Å². The van der Waals surface area contributed by atoms with Gasteiger partial charge in [0.2, 0.25) is 0 Å². The van der Waals surface area contributed by atoms with E-state index in [-0.39, 0.29) is 6.04 Å². The van der Waals surface area contributed by atoms with Crippen LogP contribution in [0, 0.1) is 0 Å². The van der Waals surface area contributed by atoms with Gasteiger partial charge in [0, 0.05) is 19.0 Å². The third-order valence-corrected chi connectivity index (χ3v) is 3.68. The van der Waals surface area contributed by atoms with Crippen molar-refractivity contribution in [3.8, 4) is 0 Å². The maximum Gasteiger partial charge on any atom is 0.105 e. The summed E-state index contributed by atoms with van der Waals surface area (Å²) < 4.78 is 5.28. The van der Waals surface area contributed by atoms with E-state index in [0.717, 1.165) is 24.3 Å². The molecule has 0 amide bonds. The lowest BCUT2D eigenvalue weighted by Gasteiger charge is -2.15. The Labute approximate surface area is 117 Å². The highest BCUT2D eigenvalue weighted by molar-refractivity contribution is 6.42. The average Bonchev–Trinajstić information content (AvgIpc) is 2.85. The molecule has 0 aliphatic carbocycles. The summed E-state index contributed by atoms with van der Waals surface area (Å²) in [4.78, 5) is 0. The molecule has 0 saturated carbocycles. The number of nitrogens with one attached hydrogen (secondary N) is 1. The van der Waals surface area contributed by atoms with E-state index in [9.17, 15) is 0 Å². The second-order valence-electron chi connectivity index (χ2n) is 4.15. The van der Waals surface area contributed by atoms with E-state index < -0.39 is 0 Å². The summed E-state index contributed by atoms with van der Waals surface area (Å²) in [5, 5.41) is 4.62. The maximum absolute atomic E-state index is 6.18. The monoisotopic (exact) mass is 283 g/mol. The second-order valence-corrected chi connectivity index (χ2v) is 4.93. The van der Waals surface area contributed by atoms with Gasteiger partial charge in [-0.2, -0.15) is 0 Å². The SMILES string of the molecule is CC(NCCc1ccco1)c1cccc(Cl)c1Cl. The van der Waals surface area contributed by atoms with Crippen LogP contribution in [0.25, 0.3) is 0 Å². The van der Waals surface area contributed by atoms with E-state index in [1.807, 2.05) is 24.3 Å². The Hall–Kier alpha value is -0.960. The van der Waals surface area contributed by atoms with Crippen LogP contribution in [-0.2, 0) is 6.42 Å². The van der Waals surface area contributed by atoms with Gasteiger partial charge in [-0.15, -0.1) is 0 Å². The average molecular weight is 284 g/mol. The molecular formula is C14H15Cl2NO. The van der Waals surface area contributed by atoms with Crippen LogP contribution in [0.2, 0.25) is 10.0 Å². The summed E-state index contributed by atoms with van der Waals surface area (Å²) in [6.45, 7) is 2.90. The van der Waals surface area contributed by atoms with Gasteiger partial charge >= 0.3 is 0 Å². The molecule has 1 aromatic carbocycles. The molecule has 2 rings (SSSR count). The fraction of sp³-hybridized carbons (Fsp3) is 0.286. The summed E-state index contributed by atoms with van der Waals surface area (Å²) in [5.74, 6) is 0.979. The molecule has 1 unspecified atom stereocenters. The van der Waals surface area contributed by atoms with Crippen molar-refractivity contribution in [3.05, 3.63) is 58.0 Å². The van der Waals surface area contributed by atoms with E-state index in [2.05, 4.69) is 12.2 Å². The van der Waals surface area contributed by atoms with Crippen molar-refractivity contribution in [2.75, 3.05) is 6.54 Å². The molecule has 0 saturated heterocycles. The van der Waals surface area contributed by atoms with Crippen molar-refractivity contribution in [2.45, 2.75) is 19.4 Å². The Morgan fingerprint density at radius 1 is 1.22 bits per heavy atom. The smallest absolute Gasteiger partial charge is 0.105 e. The molecule has 0 bridgehead atoms. The molecule has 4 heteroatoms. The predicted octanol–water partition coefficient (Wildman–Crippen LogP) is 4.48. The zero-order chi connectivity index (χ0) is 13.0. The number of halogens is 2. The molecule has 18 heavy (non-hydrogen) atoms. The highest BCUT2D eigenvalue weighted by Crippen LogP contribution is 2.29. The van der Waals surface area contributed by atoms with Gasteiger partial charge in [0.05, 0.1) is 16.3 Å². The highest BCUT2D eigenvalue weighted by Gasteiger charge is 2.11. The largest absolute Gasteiger partial charge is 0.469 e. The molecular weight excluding hydrogens is 269 g/mol.